The molecule has 0 atom stereocenters. The van der Waals surface area contributed by atoms with Gasteiger partial charge < -0.3 is 5.73 Å². The first-order valence-corrected chi connectivity index (χ1v) is 6.98. The number of nitrogens with zero attached hydrogens (tertiary/aromatic N) is 5. The molecule has 3 aromatic rings. The minimum Gasteiger partial charge on any atom is -0.383 e. The van der Waals surface area contributed by atoms with Gasteiger partial charge in [-0.3, -0.25) is 9.67 Å². The molecule has 0 amide bonds. The van der Waals surface area contributed by atoms with Gasteiger partial charge in [0.2, 0.25) is 0 Å². The summed E-state index contributed by atoms with van der Waals surface area (Å²) in [5, 5.41) is 13.7. The van der Waals surface area contributed by atoms with Gasteiger partial charge in [-0.15, -0.1) is 6.58 Å². The minimum atomic E-state index is 0.183. The normalized spacial score (nSPS) is 10.2. The fourth-order valence-corrected chi connectivity index (χ4v) is 2.29. The second-order valence-electron chi connectivity index (χ2n) is 4.88. The predicted molar refractivity (Wildman–Crippen MR) is 88.0 cm³/mol. The molecule has 0 unspecified atom stereocenters. The fourth-order valence-electron chi connectivity index (χ4n) is 2.29. The molecule has 2 N–H and O–H groups in total. The van der Waals surface area contributed by atoms with Gasteiger partial charge in [0.05, 0.1) is 24.1 Å². The standard InChI is InChI=1S/C17H14N6/c1-2-7-23-11-12(10-21-23)13-8-16(15-5-3-4-6-20-15)22-17(19)14(13)9-18/h2-6,8,10-11H,1,7H2,(H2,19,22). The third-order valence-corrected chi connectivity index (χ3v) is 3.35. The molecule has 0 aliphatic carbocycles. The van der Waals surface area contributed by atoms with Gasteiger partial charge in [0.15, 0.2) is 0 Å². The van der Waals surface area contributed by atoms with Gasteiger partial charge in [0.25, 0.3) is 0 Å². The van der Waals surface area contributed by atoms with Crippen molar-refractivity contribution in [1.82, 2.24) is 19.7 Å². The zero-order valence-electron chi connectivity index (χ0n) is 12.3. The van der Waals surface area contributed by atoms with E-state index in [2.05, 4.69) is 27.7 Å². The first kappa shape index (κ1) is 14.5. The van der Waals surface area contributed by atoms with Crippen molar-refractivity contribution in [3.05, 3.63) is 61.1 Å². The third-order valence-electron chi connectivity index (χ3n) is 3.35. The number of rotatable bonds is 4. The summed E-state index contributed by atoms with van der Waals surface area (Å²) in [6.45, 7) is 4.28. The summed E-state index contributed by atoms with van der Waals surface area (Å²) < 4.78 is 1.74. The Labute approximate surface area is 133 Å². The average Bonchev–Trinajstić information content (AvgIpc) is 3.04. The van der Waals surface area contributed by atoms with E-state index in [1.807, 2.05) is 30.5 Å². The van der Waals surface area contributed by atoms with E-state index in [9.17, 15) is 5.26 Å². The van der Waals surface area contributed by atoms with E-state index in [-0.39, 0.29) is 5.82 Å². The lowest BCUT2D eigenvalue weighted by Crippen LogP contribution is -2.00. The molecule has 3 rings (SSSR count). The van der Waals surface area contributed by atoms with Crippen LogP contribution in [0.3, 0.4) is 0 Å². The number of aromatic nitrogens is 4. The van der Waals surface area contributed by atoms with Crippen LogP contribution < -0.4 is 5.73 Å². The quantitative estimate of drug-likeness (QED) is 0.748. The van der Waals surface area contributed by atoms with Crippen LogP contribution in [0.5, 0.6) is 0 Å². The summed E-state index contributed by atoms with van der Waals surface area (Å²) in [7, 11) is 0. The van der Waals surface area contributed by atoms with Crippen LogP contribution in [0.2, 0.25) is 0 Å². The Balaban J connectivity index is 2.16. The monoisotopic (exact) mass is 302 g/mol. The van der Waals surface area contributed by atoms with E-state index in [1.54, 1.807) is 23.2 Å². The highest BCUT2D eigenvalue weighted by molar-refractivity contribution is 5.78. The highest BCUT2D eigenvalue weighted by atomic mass is 15.3. The van der Waals surface area contributed by atoms with Crippen molar-refractivity contribution in [2.75, 3.05) is 5.73 Å². The highest BCUT2D eigenvalue weighted by Gasteiger charge is 2.15. The van der Waals surface area contributed by atoms with Crippen molar-refractivity contribution >= 4 is 5.82 Å². The van der Waals surface area contributed by atoms with Gasteiger partial charge in [0, 0.05) is 23.5 Å². The second kappa shape index (κ2) is 6.12. The van der Waals surface area contributed by atoms with Gasteiger partial charge >= 0.3 is 0 Å². The van der Waals surface area contributed by atoms with Gasteiger partial charge in [-0.2, -0.15) is 10.4 Å². The Morgan fingerprint density at radius 1 is 1.35 bits per heavy atom. The van der Waals surface area contributed by atoms with E-state index in [4.69, 9.17) is 5.73 Å². The predicted octanol–water partition coefficient (Wildman–Crippen LogP) is 2.65. The average molecular weight is 302 g/mol. The topological polar surface area (TPSA) is 93.4 Å². The summed E-state index contributed by atoms with van der Waals surface area (Å²) in [5.74, 6) is 0.183. The molecular weight excluding hydrogens is 288 g/mol. The fraction of sp³-hybridized carbons (Fsp3) is 0.0588. The number of allylic oxidation sites excluding steroid dienone is 1. The highest BCUT2D eigenvalue weighted by Crippen LogP contribution is 2.30. The maximum absolute atomic E-state index is 9.40. The largest absolute Gasteiger partial charge is 0.383 e. The van der Waals surface area contributed by atoms with Crippen LogP contribution in [0.15, 0.2) is 55.5 Å². The molecule has 0 saturated heterocycles. The Morgan fingerprint density at radius 3 is 2.91 bits per heavy atom. The molecule has 6 nitrogen and oxygen atoms in total. The number of hydrogen-bond acceptors (Lipinski definition) is 5. The Hall–Kier alpha value is -3.46. The van der Waals surface area contributed by atoms with Crippen molar-refractivity contribution < 1.29 is 0 Å². The number of nitrogens with two attached hydrogens (primary N) is 1. The molecule has 0 aliphatic rings. The van der Waals surface area contributed by atoms with Crippen LogP contribution in [0.4, 0.5) is 5.82 Å². The van der Waals surface area contributed by atoms with Crippen LogP contribution in [0.25, 0.3) is 22.5 Å². The summed E-state index contributed by atoms with van der Waals surface area (Å²) in [4.78, 5) is 8.57. The molecule has 0 bridgehead atoms. The van der Waals surface area contributed by atoms with Crippen molar-refractivity contribution in [3.8, 4) is 28.6 Å². The van der Waals surface area contributed by atoms with Crippen LogP contribution >= 0.6 is 0 Å². The number of nitrogen functional groups attached to an aromatic ring is 1. The molecule has 6 heteroatoms. The Morgan fingerprint density at radius 2 is 2.22 bits per heavy atom. The second-order valence-corrected chi connectivity index (χ2v) is 4.88. The van der Waals surface area contributed by atoms with Crippen molar-refractivity contribution in [2.45, 2.75) is 6.54 Å². The lowest BCUT2D eigenvalue weighted by atomic mass is 10.0. The van der Waals surface area contributed by atoms with Gasteiger partial charge in [-0.05, 0) is 18.2 Å². The van der Waals surface area contributed by atoms with E-state index >= 15 is 0 Å². The zero-order valence-corrected chi connectivity index (χ0v) is 12.3. The molecule has 23 heavy (non-hydrogen) atoms. The van der Waals surface area contributed by atoms with E-state index in [1.165, 1.54) is 0 Å². The molecule has 0 spiro atoms. The van der Waals surface area contributed by atoms with Crippen LogP contribution in [-0.2, 0) is 6.54 Å². The molecule has 0 aliphatic heterocycles. The molecular formula is C17H14N6. The molecule has 112 valence electrons. The number of anilines is 1. The summed E-state index contributed by atoms with van der Waals surface area (Å²) in [6, 6.07) is 9.48. The Bertz CT molecular complexity index is 889. The van der Waals surface area contributed by atoms with Crippen LogP contribution in [0.1, 0.15) is 5.56 Å². The van der Waals surface area contributed by atoms with Gasteiger partial charge in [0.1, 0.15) is 17.5 Å². The molecule has 0 saturated carbocycles. The minimum absolute atomic E-state index is 0.183. The number of hydrogen-bond donors (Lipinski definition) is 1. The van der Waals surface area contributed by atoms with Crippen molar-refractivity contribution in [1.29, 1.82) is 5.26 Å². The maximum atomic E-state index is 9.40. The third kappa shape index (κ3) is 2.80. The summed E-state index contributed by atoms with van der Waals surface area (Å²) in [6.07, 6.45) is 6.98. The maximum Gasteiger partial charge on any atom is 0.142 e. The Kier molecular flexibility index (Phi) is 3.85. The first-order chi connectivity index (χ1) is 11.2. The van der Waals surface area contributed by atoms with Crippen LogP contribution in [0, 0.1) is 11.3 Å². The van der Waals surface area contributed by atoms with Crippen molar-refractivity contribution in [2.24, 2.45) is 0 Å². The van der Waals surface area contributed by atoms with Gasteiger partial charge in [-0.1, -0.05) is 12.1 Å². The zero-order chi connectivity index (χ0) is 16.2. The molecule has 3 aromatic heterocycles. The van der Waals surface area contributed by atoms with Crippen molar-refractivity contribution in [3.63, 3.8) is 0 Å². The summed E-state index contributed by atoms with van der Waals surface area (Å²) >= 11 is 0. The number of pyridine rings is 2. The van der Waals surface area contributed by atoms with Gasteiger partial charge in [-0.25, -0.2) is 4.98 Å². The molecule has 0 aromatic carbocycles. The lowest BCUT2D eigenvalue weighted by molar-refractivity contribution is 0.703. The van der Waals surface area contributed by atoms with Crippen LogP contribution in [-0.4, -0.2) is 19.7 Å². The van der Waals surface area contributed by atoms with E-state index < -0.39 is 0 Å². The van der Waals surface area contributed by atoms with E-state index in [0.717, 1.165) is 5.56 Å². The smallest absolute Gasteiger partial charge is 0.142 e. The van der Waals surface area contributed by atoms with E-state index in [0.29, 0.717) is 29.1 Å². The molecule has 0 fully saturated rings. The number of nitriles is 1. The first-order valence-electron chi connectivity index (χ1n) is 6.98. The molecule has 3 heterocycles. The SMILES string of the molecule is C=CCn1cc(-c2cc(-c3ccccn3)nc(N)c2C#N)cn1. The lowest BCUT2D eigenvalue weighted by Gasteiger charge is -2.08. The summed E-state index contributed by atoms with van der Waals surface area (Å²) in [5.41, 5.74) is 9.11. The molecule has 0 radical (unpaired) electrons.